The van der Waals surface area contributed by atoms with Gasteiger partial charge in [0.05, 0.1) is 6.61 Å². The van der Waals surface area contributed by atoms with Crippen LogP contribution in [0.15, 0.2) is 36.4 Å². The standard InChI is InChI=1S/C17H22O3/c1-13-7-9-16(10-8-13)19-12-17(18)20-11-15-6-4-3-5-14(15)2/h3-4,7-10,14-15H,5-6,11-12H2,1-2H3. The molecule has 0 heterocycles. The Bertz CT molecular complexity index is 462. The van der Waals surface area contributed by atoms with Gasteiger partial charge in [-0.15, -0.1) is 0 Å². The largest absolute Gasteiger partial charge is 0.482 e. The molecule has 2 unspecified atom stereocenters. The van der Waals surface area contributed by atoms with Crippen LogP contribution >= 0.6 is 0 Å². The van der Waals surface area contributed by atoms with Crippen LogP contribution in [0.1, 0.15) is 25.3 Å². The van der Waals surface area contributed by atoms with E-state index in [1.165, 1.54) is 5.56 Å². The first-order valence-electron chi connectivity index (χ1n) is 7.15. The lowest BCUT2D eigenvalue weighted by Gasteiger charge is -2.24. The number of hydrogen-bond acceptors (Lipinski definition) is 3. The molecule has 1 aliphatic rings. The van der Waals surface area contributed by atoms with Crippen molar-refractivity contribution in [3.63, 3.8) is 0 Å². The number of rotatable bonds is 5. The van der Waals surface area contributed by atoms with Crippen molar-refractivity contribution in [3.8, 4) is 5.75 Å². The van der Waals surface area contributed by atoms with E-state index < -0.39 is 0 Å². The molecular weight excluding hydrogens is 252 g/mol. The number of benzene rings is 1. The molecule has 0 N–H and O–H groups in total. The van der Waals surface area contributed by atoms with Gasteiger partial charge in [-0.25, -0.2) is 4.79 Å². The van der Waals surface area contributed by atoms with E-state index in [4.69, 9.17) is 9.47 Å². The minimum atomic E-state index is -0.299. The highest BCUT2D eigenvalue weighted by Crippen LogP contribution is 2.25. The van der Waals surface area contributed by atoms with Crippen LogP contribution in [0, 0.1) is 18.8 Å². The van der Waals surface area contributed by atoms with Crippen molar-refractivity contribution in [1.29, 1.82) is 0 Å². The van der Waals surface area contributed by atoms with Crippen LogP contribution in [0.25, 0.3) is 0 Å². The quantitative estimate of drug-likeness (QED) is 0.609. The number of carbonyl (C=O) groups is 1. The number of ether oxygens (including phenoxy) is 2. The van der Waals surface area contributed by atoms with Gasteiger partial charge in [-0.3, -0.25) is 0 Å². The third kappa shape index (κ3) is 4.41. The molecule has 0 saturated carbocycles. The summed E-state index contributed by atoms with van der Waals surface area (Å²) in [4.78, 5) is 11.7. The molecule has 2 rings (SSSR count). The maximum atomic E-state index is 11.7. The summed E-state index contributed by atoms with van der Waals surface area (Å²) >= 11 is 0. The summed E-state index contributed by atoms with van der Waals surface area (Å²) in [5.74, 6) is 1.41. The Morgan fingerprint density at radius 1 is 1.20 bits per heavy atom. The molecule has 0 radical (unpaired) electrons. The predicted octanol–water partition coefficient (Wildman–Crippen LogP) is 3.52. The Morgan fingerprint density at radius 3 is 2.60 bits per heavy atom. The van der Waals surface area contributed by atoms with Crippen LogP contribution in [-0.2, 0) is 9.53 Å². The Balaban J connectivity index is 1.70. The fourth-order valence-electron chi connectivity index (χ4n) is 2.26. The normalized spacial score (nSPS) is 21.5. The Kier molecular flexibility index (Phi) is 5.22. The van der Waals surface area contributed by atoms with Crippen LogP contribution in [0.3, 0.4) is 0 Å². The second kappa shape index (κ2) is 7.13. The fraction of sp³-hybridized carbons (Fsp3) is 0.471. The number of aryl methyl sites for hydroxylation is 1. The first-order chi connectivity index (χ1) is 9.65. The molecule has 0 spiro atoms. The average molecular weight is 274 g/mol. The van der Waals surface area contributed by atoms with Crippen LogP contribution in [0.5, 0.6) is 5.75 Å². The molecule has 1 aromatic rings. The maximum Gasteiger partial charge on any atom is 0.344 e. The van der Waals surface area contributed by atoms with Crippen molar-refractivity contribution in [3.05, 3.63) is 42.0 Å². The zero-order chi connectivity index (χ0) is 14.4. The van der Waals surface area contributed by atoms with Gasteiger partial charge in [0.25, 0.3) is 0 Å². The van der Waals surface area contributed by atoms with Gasteiger partial charge in [-0.05, 0) is 43.7 Å². The molecule has 0 amide bonds. The van der Waals surface area contributed by atoms with Gasteiger partial charge in [-0.1, -0.05) is 36.8 Å². The van der Waals surface area contributed by atoms with Crippen molar-refractivity contribution in [1.82, 2.24) is 0 Å². The van der Waals surface area contributed by atoms with Gasteiger partial charge in [-0.2, -0.15) is 0 Å². The fourth-order valence-corrected chi connectivity index (χ4v) is 2.26. The molecule has 20 heavy (non-hydrogen) atoms. The Morgan fingerprint density at radius 2 is 1.90 bits per heavy atom. The van der Waals surface area contributed by atoms with E-state index in [2.05, 4.69) is 19.1 Å². The molecule has 108 valence electrons. The lowest BCUT2D eigenvalue weighted by Crippen LogP contribution is -2.24. The summed E-state index contributed by atoms with van der Waals surface area (Å²) in [5.41, 5.74) is 1.17. The Labute approximate surface area is 120 Å². The zero-order valence-corrected chi connectivity index (χ0v) is 12.2. The molecule has 0 bridgehead atoms. The lowest BCUT2D eigenvalue weighted by molar-refractivity contribution is -0.147. The van der Waals surface area contributed by atoms with E-state index in [-0.39, 0.29) is 12.6 Å². The first-order valence-corrected chi connectivity index (χ1v) is 7.15. The number of allylic oxidation sites excluding steroid dienone is 2. The first kappa shape index (κ1) is 14.6. The van der Waals surface area contributed by atoms with Crippen LogP contribution in [-0.4, -0.2) is 19.2 Å². The Hall–Kier alpha value is -1.77. The van der Waals surface area contributed by atoms with E-state index in [0.29, 0.717) is 24.2 Å². The van der Waals surface area contributed by atoms with Gasteiger partial charge in [0.15, 0.2) is 6.61 Å². The number of hydrogen-bond donors (Lipinski definition) is 0. The summed E-state index contributed by atoms with van der Waals surface area (Å²) < 4.78 is 10.7. The monoisotopic (exact) mass is 274 g/mol. The van der Waals surface area contributed by atoms with Gasteiger partial charge in [0, 0.05) is 0 Å². The van der Waals surface area contributed by atoms with Gasteiger partial charge >= 0.3 is 5.97 Å². The molecule has 0 fully saturated rings. The predicted molar refractivity (Wildman–Crippen MR) is 78.7 cm³/mol. The minimum Gasteiger partial charge on any atom is -0.482 e. The highest BCUT2D eigenvalue weighted by molar-refractivity contribution is 5.71. The molecular formula is C17H22O3. The smallest absolute Gasteiger partial charge is 0.344 e. The molecule has 3 heteroatoms. The summed E-state index contributed by atoms with van der Waals surface area (Å²) in [6.07, 6.45) is 6.43. The summed E-state index contributed by atoms with van der Waals surface area (Å²) in [6.45, 7) is 4.67. The van der Waals surface area contributed by atoms with Crippen molar-refractivity contribution in [2.24, 2.45) is 11.8 Å². The topological polar surface area (TPSA) is 35.5 Å². The molecule has 0 saturated heterocycles. The van der Waals surface area contributed by atoms with E-state index >= 15 is 0 Å². The minimum absolute atomic E-state index is 0.0278. The summed E-state index contributed by atoms with van der Waals surface area (Å²) in [6, 6.07) is 7.63. The van der Waals surface area contributed by atoms with Crippen molar-refractivity contribution >= 4 is 5.97 Å². The van der Waals surface area contributed by atoms with Crippen LogP contribution < -0.4 is 4.74 Å². The van der Waals surface area contributed by atoms with Gasteiger partial charge in [0.2, 0.25) is 0 Å². The zero-order valence-electron chi connectivity index (χ0n) is 12.2. The van der Waals surface area contributed by atoms with Gasteiger partial charge < -0.3 is 9.47 Å². The average Bonchev–Trinajstić information content (AvgIpc) is 2.46. The SMILES string of the molecule is Cc1ccc(OCC(=O)OCC2CC=CCC2C)cc1. The van der Waals surface area contributed by atoms with Crippen LogP contribution in [0.2, 0.25) is 0 Å². The maximum absolute atomic E-state index is 11.7. The van der Waals surface area contributed by atoms with Crippen molar-refractivity contribution in [2.75, 3.05) is 13.2 Å². The second-order valence-electron chi connectivity index (χ2n) is 5.46. The van der Waals surface area contributed by atoms with Gasteiger partial charge in [0.1, 0.15) is 5.75 Å². The van der Waals surface area contributed by atoms with Crippen molar-refractivity contribution < 1.29 is 14.3 Å². The summed E-state index contributed by atoms with van der Waals surface area (Å²) in [5, 5.41) is 0. The molecule has 2 atom stereocenters. The highest BCUT2D eigenvalue weighted by atomic mass is 16.6. The molecule has 0 aliphatic heterocycles. The third-order valence-corrected chi connectivity index (χ3v) is 3.75. The van der Waals surface area contributed by atoms with E-state index in [9.17, 15) is 4.79 Å². The van der Waals surface area contributed by atoms with E-state index in [1.54, 1.807) is 0 Å². The highest BCUT2D eigenvalue weighted by Gasteiger charge is 2.20. The number of esters is 1. The summed E-state index contributed by atoms with van der Waals surface area (Å²) in [7, 11) is 0. The number of carbonyl (C=O) groups excluding carboxylic acids is 1. The van der Waals surface area contributed by atoms with Crippen LogP contribution in [0.4, 0.5) is 0 Å². The molecule has 1 aliphatic carbocycles. The molecule has 3 nitrogen and oxygen atoms in total. The third-order valence-electron chi connectivity index (χ3n) is 3.75. The van der Waals surface area contributed by atoms with E-state index in [0.717, 1.165) is 12.8 Å². The lowest BCUT2D eigenvalue weighted by atomic mass is 9.85. The molecule has 0 aromatic heterocycles. The van der Waals surface area contributed by atoms with Crippen molar-refractivity contribution in [2.45, 2.75) is 26.7 Å². The molecule has 1 aromatic carbocycles. The second-order valence-corrected chi connectivity index (χ2v) is 5.46. The van der Waals surface area contributed by atoms with E-state index in [1.807, 2.05) is 31.2 Å².